The van der Waals surface area contributed by atoms with Crippen LogP contribution < -0.4 is 4.57 Å². The van der Waals surface area contributed by atoms with E-state index in [9.17, 15) is 4.79 Å². The smallest absolute Gasteiger partial charge is 0.248 e. The lowest BCUT2D eigenvalue weighted by Gasteiger charge is -1.97. The third-order valence-corrected chi connectivity index (χ3v) is 2.63. The van der Waals surface area contributed by atoms with Crippen LogP contribution in [-0.2, 0) is 6.54 Å². The fraction of sp³-hybridized carbons (Fsp3) is 0.231. The first-order valence-corrected chi connectivity index (χ1v) is 5.39. The van der Waals surface area contributed by atoms with Crippen molar-refractivity contribution in [2.45, 2.75) is 20.4 Å². The highest BCUT2D eigenvalue weighted by atomic mass is 16.1. The van der Waals surface area contributed by atoms with Gasteiger partial charge in [-0.25, -0.2) is 9.13 Å². The molecule has 2 rings (SSSR count). The third-order valence-electron chi connectivity index (χ3n) is 2.63. The second kappa shape index (κ2) is 4.31. The van der Waals surface area contributed by atoms with E-state index in [2.05, 4.69) is 11.5 Å². The Morgan fingerprint density at radius 2 is 2.00 bits per heavy atom. The molecule has 0 amide bonds. The molecule has 1 aromatic carbocycles. The van der Waals surface area contributed by atoms with Gasteiger partial charge in [-0.15, -0.1) is 0 Å². The van der Waals surface area contributed by atoms with Crippen LogP contribution in [0.25, 0.3) is 5.69 Å². The normalized spacial score (nSPS) is 10.4. The van der Waals surface area contributed by atoms with Crippen molar-refractivity contribution in [1.82, 2.24) is 4.57 Å². The van der Waals surface area contributed by atoms with E-state index in [1.165, 1.54) is 0 Å². The fourth-order valence-corrected chi connectivity index (χ4v) is 1.60. The molecule has 0 aliphatic carbocycles. The van der Waals surface area contributed by atoms with E-state index < -0.39 is 0 Å². The second-order valence-corrected chi connectivity index (χ2v) is 3.75. The Balaban J connectivity index is 2.30. The zero-order valence-corrected chi connectivity index (χ0v) is 9.55. The molecule has 2 aromatic rings. The van der Waals surface area contributed by atoms with Gasteiger partial charge in [0.15, 0.2) is 5.78 Å². The van der Waals surface area contributed by atoms with Crippen LogP contribution in [-0.4, -0.2) is 10.4 Å². The van der Waals surface area contributed by atoms with Crippen molar-refractivity contribution < 1.29 is 9.36 Å². The first-order chi connectivity index (χ1) is 7.70. The summed E-state index contributed by atoms with van der Waals surface area (Å²) in [5.41, 5.74) is 1.82. The van der Waals surface area contributed by atoms with Crippen LogP contribution in [0, 0.1) is 0 Å². The summed E-state index contributed by atoms with van der Waals surface area (Å²) in [7, 11) is 0. The summed E-state index contributed by atoms with van der Waals surface area (Å²) in [5, 5.41) is 0. The summed E-state index contributed by atoms with van der Waals surface area (Å²) in [6.45, 7) is 4.64. The quantitative estimate of drug-likeness (QED) is 0.568. The molecule has 3 nitrogen and oxygen atoms in total. The van der Waals surface area contributed by atoms with E-state index in [1.807, 2.05) is 47.6 Å². The number of rotatable bonds is 3. The Kier molecular flexibility index (Phi) is 2.86. The monoisotopic (exact) mass is 215 g/mol. The van der Waals surface area contributed by atoms with Gasteiger partial charge in [0.1, 0.15) is 18.1 Å². The SMILES string of the molecule is CC[n+]1ccn(-c2ccc(C(C)=O)cc2)c1. The summed E-state index contributed by atoms with van der Waals surface area (Å²) in [6.07, 6.45) is 6.06. The van der Waals surface area contributed by atoms with Crippen molar-refractivity contribution in [2.24, 2.45) is 0 Å². The lowest BCUT2D eigenvalue weighted by Crippen LogP contribution is -2.28. The number of nitrogens with zero attached hydrogens (tertiary/aromatic N) is 2. The number of ketones is 1. The van der Waals surface area contributed by atoms with Crippen molar-refractivity contribution in [3.8, 4) is 5.69 Å². The van der Waals surface area contributed by atoms with Crippen molar-refractivity contribution in [3.63, 3.8) is 0 Å². The van der Waals surface area contributed by atoms with Gasteiger partial charge in [-0.1, -0.05) is 0 Å². The summed E-state index contributed by atoms with van der Waals surface area (Å²) in [4.78, 5) is 11.1. The molecule has 0 aliphatic heterocycles. The van der Waals surface area contributed by atoms with Crippen molar-refractivity contribution in [3.05, 3.63) is 48.5 Å². The first-order valence-electron chi connectivity index (χ1n) is 5.39. The molecule has 0 saturated carbocycles. The lowest BCUT2D eigenvalue weighted by molar-refractivity contribution is -0.692. The van der Waals surface area contributed by atoms with Crippen LogP contribution in [0.5, 0.6) is 0 Å². The largest absolute Gasteiger partial charge is 0.295 e. The predicted octanol–water partition coefficient (Wildman–Crippen LogP) is 1.99. The minimum atomic E-state index is 0.0997. The molecular weight excluding hydrogens is 200 g/mol. The summed E-state index contributed by atoms with van der Waals surface area (Å²) in [6, 6.07) is 7.62. The molecule has 0 bridgehead atoms. The number of benzene rings is 1. The van der Waals surface area contributed by atoms with Gasteiger partial charge in [-0.3, -0.25) is 4.79 Å². The molecule has 3 heteroatoms. The van der Waals surface area contributed by atoms with E-state index in [0.29, 0.717) is 0 Å². The summed E-state index contributed by atoms with van der Waals surface area (Å²) >= 11 is 0. The Hall–Kier alpha value is -1.90. The maximum Gasteiger partial charge on any atom is 0.248 e. The molecule has 82 valence electrons. The second-order valence-electron chi connectivity index (χ2n) is 3.75. The van der Waals surface area contributed by atoms with E-state index in [4.69, 9.17) is 0 Å². The van der Waals surface area contributed by atoms with Crippen LogP contribution in [0.4, 0.5) is 0 Å². The van der Waals surface area contributed by atoms with Gasteiger partial charge in [-0.05, 0) is 38.1 Å². The van der Waals surface area contributed by atoms with Crippen LogP contribution in [0.2, 0.25) is 0 Å². The first kappa shape index (κ1) is 10.6. The minimum Gasteiger partial charge on any atom is -0.295 e. The molecule has 0 N–H and O–H groups in total. The molecule has 0 unspecified atom stereocenters. The van der Waals surface area contributed by atoms with Gasteiger partial charge < -0.3 is 0 Å². The summed E-state index contributed by atoms with van der Waals surface area (Å²) < 4.78 is 4.13. The summed E-state index contributed by atoms with van der Waals surface area (Å²) in [5.74, 6) is 0.0997. The van der Waals surface area contributed by atoms with Gasteiger partial charge in [0.25, 0.3) is 0 Å². The van der Waals surface area contributed by atoms with E-state index >= 15 is 0 Å². The molecule has 0 radical (unpaired) electrons. The van der Waals surface area contributed by atoms with Gasteiger partial charge in [0.05, 0.1) is 6.54 Å². The standard InChI is InChI=1S/C13H15N2O/c1-3-14-8-9-15(10-14)13-6-4-12(5-7-13)11(2)16/h4-10H,3H2,1-2H3/q+1. The number of hydrogen-bond donors (Lipinski definition) is 0. The maximum absolute atomic E-state index is 11.1. The van der Waals surface area contributed by atoms with Gasteiger partial charge in [0, 0.05) is 5.56 Å². The van der Waals surface area contributed by atoms with Crippen molar-refractivity contribution in [2.75, 3.05) is 0 Å². The predicted molar refractivity (Wildman–Crippen MR) is 61.6 cm³/mol. The molecule has 0 fully saturated rings. The minimum absolute atomic E-state index is 0.0997. The number of aryl methyl sites for hydroxylation is 1. The number of carbonyl (C=O) groups excluding carboxylic acids is 1. The molecule has 16 heavy (non-hydrogen) atoms. The number of imidazole rings is 1. The number of hydrogen-bond acceptors (Lipinski definition) is 1. The highest BCUT2D eigenvalue weighted by Gasteiger charge is 2.05. The van der Waals surface area contributed by atoms with Crippen molar-refractivity contribution >= 4 is 5.78 Å². The van der Waals surface area contributed by atoms with Crippen molar-refractivity contribution in [1.29, 1.82) is 0 Å². The van der Waals surface area contributed by atoms with Crippen LogP contribution in [0.1, 0.15) is 24.2 Å². The maximum atomic E-state index is 11.1. The molecule has 1 heterocycles. The molecule has 0 saturated heterocycles. The van der Waals surface area contributed by atoms with E-state index in [1.54, 1.807) is 6.92 Å². The topological polar surface area (TPSA) is 25.9 Å². The Bertz CT molecular complexity index is 497. The van der Waals surface area contributed by atoms with Crippen LogP contribution in [0.15, 0.2) is 43.0 Å². The molecule has 1 aromatic heterocycles. The molecule has 0 aliphatic rings. The van der Waals surface area contributed by atoms with Crippen LogP contribution >= 0.6 is 0 Å². The third kappa shape index (κ3) is 2.03. The highest BCUT2D eigenvalue weighted by molar-refractivity contribution is 5.94. The van der Waals surface area contributed by atoms with Gasteiger partial charge in [0.2, 0.25) is 6.33 Å². The van der Waals surface area contributed by atoms with Gasteiger partial charge in [-0.2, -0.15) is 0 Å². The molecule has 0 spiro atoms. The zero-order chi connectivity index (χ0) is 11.5. The number of aromatic nitrogens is 2. The Morgan fingerprint density at radius 3 is 2.50 bits per heavy atom. The Morgan fingerprint density at radius 1 is 1.31 bits per heavy atom. The Labute approximate surface area is 95.0 Å². The molecule has 0 atom stereocenters. The average molecular weight is 215 g/mol. The van der Waals surface area contributed by atoms with Gasteiger partial charge >= 0.3 is 0 Å². The average Bonchev–Trinajstić information content (AvgIpc) is 2.77. The van der Waals surface area contributed by atoms with E-state index in [-0.39, 0.29) is 5.78 Å². The highest BCUT2D eigenvalue weighted by Crippen LogP contribution is 2.09. The number of carbonyl (C=O) groups is 1. The van der Waals surface area contributed by atoms with Crippen LogP contribution in [0.3, 0.4) is 0 Å². The molecular formula is C13H15N2O+. The van der Waals surface area contributed by atoms with E-state index in [0.717, 1.165) is 17.8 Å². The number of Topliss-reactive ketones (excluding diaryl/α,β-unsaturated/α-hetero) is 1. The fourth-order valence-electron chi connectivity index (χ4n) is 1.60. The zero-order valence-electron chi connectivity index (χ0n) is 9.55. The lowest BCUT2D eigenvalue weighted by atomic mass is 10.1.